The van der Waals surface area contributed by atoms with E-state index in [0.29, 0.717) is 18.3 Å². The first-order valence-electron chi connectivity index (χ1n) is 16.8. The topological polar surface area (TPSA) is 116 Å². The molecular formula is C36H58O8. The highest BCUT2D eigenvalue weighted by atomic mass is 16.6. The lowest BCUT2D eigenvalue weighted by atomic mass is 9.32. The van der Waals surface area contributed by atoms with Crippen molar-refractivity contribution in [1.29, 1.82) is 0 Å². The van der Waals surface area contributed by atoms with Gasteiger partial charge in [0.1, 0.15) is 18.1 Å². The summed E-state index contributed by atoms with van der Waals surface area (Å²) in [6.07, 6.45) is 6.85. The van der Waals surface area contributed by atoms with Gasteiger partial charge in [0.05, 0.1) is 0 Å². The Morgan fingerprint density at radius 3 is 2.00 bits per heavy atom. The highest BCUT2D eigenvalue weighted by Gasteiger charge is 2.71. The number of carbonyl (C=O) groups is 4. The van der Waals surface area contributed by atoms with Crippen molar-refractivity contribution < 1.29 is 38.5 Å². The molecule has 4 aliphatic rings. The zero-order chi connectivity index (χ0) is 33.1. The van der Waals surface area contributed by atoms with Crippen LogP contribution in [-0.2, 0) is 33.4 Å². The zero-order valence-electron chi connectivity index (χ0n) is 29.0. The van der Waals surface area contributed by atoms with Crippen LogP contribution in [0.2, 0.25) is 0 Å². The predicted octanol–water partition coefficient (Wildman–Crippen LogP) is 6.30. The summed E-state index contributed by atoms with van der Waals surface area (Å²) < 4.78 is 17.1. The third kappa shape index (κ3) is 5.43. The van der Waals surface area contributed by atoms with Crippen molar-refractivity contribution in [3.05, 3.63) is 0 Å². The summed E-state index contributed by atoms with van der Waals surface area (Å²) in [5.74, 6) is -0.999. The number of esters is 3. The summed E-state index contributed by atoms with van der Waals surface area (Å²) in [5.41, 5.74) is -2.11. The van der Waals surface area contributed by atoms with Gasteiger partial charge in [0.25, 0.3) is 0 Å². The van der Waals surface area contributed by atoms with E-state index in [0.717, 1.165) is 44.9 Å². The van der Waals surface area contributed by atoms with E-state index >= 15 is 0 Å². The molecule has 4 fully saturated rings. The number of aliphatic hydroxyl groups excluding tert-OH is 1. The molecule has 0 aromatic carbocycles. The summed E-state index contributed by atoms with van der Waals surface area (Å²) >= 11 is 0. The van der Waals surface area contributed by atoms with Crippen LogP contribution < -0.4 is 0 Å². The van der Waals surface area contributed by atoms with Gasteiger partial charge in [-0.25, -0.2) is 0 Å². The normalized spacial score (nSPS) is 41.3. The van der Waals surface area contributed by atoms with Crippen LogP contribution >= 0.6 is 0 Å². The number of Topliss-reactive ketones (excluding diaryl/α,β-unsaturated/α-hetero) is 1. The first-order valence-corrected chi connectivity index (χ1v) is 16.8. The van der Waals surface area contributed by atoms with Gasteiger partial charge in [0, 0.05) is 37.2 Å². The van der Waals surface area contributed by atoms with Crippen molar-refractivity contribution in [3.63, 3.8) is 0 Å². The van der Waals surface area contributed by atoms with Crippen molar-refractivity contribution in [2.24, 2.45) is 56.2 Å². The second kappa shape index (κ2) is 11.7. The molecule has 8 heteroatoms. The highest BCUT2D eigenvalue weighted by molar-refractivity contribution is 5.88. The lowest BCUT2D eigenvalue weighted by Crippen LogP contribution is -2.68. The van der Waals surface area contributed by atoms with E-state index in [9.17, 15) is 24.3 Å². The van der Waals surface area contributed by atoms with Crippen molar-refractivity contribution in [1.82, 2.24) is 0 Å². The lowest BCUT2D eigenvalue weighted by molar-refractivity contribution is -0.256. The minimum absolute atomic E-state index is 0.0227. The van der Waals surface area contributed by atoms with Gasteiger partial charge >= 0.3 is 17.9 Å². The van der Waals surface area contributed by atoms with Gasteiger partial charge in [-0.05, 0) is 85.4 Å². The monoisotopic (exact) mass is 618 g/mol. The summed E-state index contributed by atoms with van der Waals surface area (Å²) in [6, 6.07) is 0. The molecule has 250 valence electrons. The Balaban J connectivity index is 1.67. The molecule has 44 heavy (non-hydrogen) atoms. The first kappa shape index (κ1) is 34.9. The van der Waals surface area contributed by atoms with Crippen molar-refractivity contribution >= 4 is 23.7 Å². The number of rotatable bonds is 7. The second-order valence-corrected chi connectivity index (χ2v) is 17.1. The fraction of sp³-hybridized carbons (Fsp3) is 0.889. The number of ketones is 1. The third-order valence-electron chi connectivity index (χ3n) is 13.8. The SMILES string of the molecule is CC(=O)OC[C@@]1(C(=O)OCC(=O)C(C)(C)C)CC[C@]2(C)C(CCC3[C@@]4(C)CCC(OC(C)=O)C(C)(C)C4CC[C@]32C)C1CO. The fourth-order valence-electron chi connectivity index (χ4n) is 11.0. The molecule has 0 spiro atoms. The minimum atomic E-state index is -1.21. The molecule has 4 aliphatic carbocycles. The van der Waals surface area contributed by atoms with E-state index < -0.39 is 28.7 Å². The molecule has 0 saturated heterocycles. The van der Waals surface area contributed by atoms with Gasteiger partial charge in [0.2, 0.25) is 0 Å². The van der Waals surface area contributed by atoms with Gasteiger partial charge in [-0.2, -0.15) is 0 Å². The maximum atomic E-state index is 14.0. The van der Waals surface area contributed by atoms with Crippen LogP contribution in [0.5, 0.6) is 0 Å². The van der Waals surface area contributed by atoms with Crippen molar-refractivity contribution in [2.45, 2.75) is 127 Å². The molecule has 9 atom stereocenters. The molecule has 0 aromatic heterocycles. The Labute approximate surface area is 264 Å². The average molecular weight is 619 g/mol. The number of ether oxygens (including phenoxy) is 3. The molecule has 4 saturated carbocycles. The molecule has 0 radical (unpaired) electrons. The molecular weight excluding hydrogens is 560 g/mol. The molecule has 0 bridgehead atoms. The summed E-state index contributed by atoms with van der Waals surface area (Å²) in [4.78, 5) is 50.6. The van der Waals surface area contributed by atoms with E-state index in [1.807, 2.05) is 0 Å². The van der Waals surface area contributed by atoms with Gasteiger partial charge in [-0.3, -0.25) is 19.2 Å². The fourth-order valence-corrected chi connectivity index (χ4v) is 11.0. The molecule has 5 unspecified atom stereocenters. The van der Waals surface area contributed by atoms with Gasteiger partial charge in [-0.1, -0.05) is 55.4 Å². The Hall–Kier alpha value is -1.96. The molecule has 0 amide bonds. The van der Waals surface area contributed by atoms with Gasteiger partial charge < -0.3 is 19.3 Å². The van der Waals surface area contributed by atoms with E-state index in [1.165, 1.54) is 13.8 Å². The molecule has 4 rings (SSSR count). The van der Waals surface area contributed by atoms with Crippen LogP contribution in [0.3, 0.4) is 0 Å². The number of carbonyl (C=O) groups excluding carboxylic acids is 4. The molecule has 8 nitrogen and oxygen atoms in total. The highest BCUT2D eigenvalue weighted by Crippen LogP contribution is 2.75. The van der Waals surface area contributed by atoms with Crippen LogP contribution in [0.1, 0.15) is 121 Å². The number of aliphatic hydroxyl groups is 1. The second-order valence-electron chi connectivity index (χ2n) is 17.1. The van der Waals surface area contributed by atoms with Crippen molar-refractivity contribution in [3.8, 4) is 0 Å². The number of fused-ring (bicyclic) bond motifs is 5. The summed E-state index contributed by atoms with van der Waals surface area (Å²) in [5, 5.41) is 11.0. The van der Waals surface area contributed by atoms with Crippen LogP contribution in [0.25, 0.3) is 0 Å². The number of hydrogen-bond acceptors (Lipinski definition) is 8. The Kier molecular flexibility index (Phi) is 9.27. The molecule has 0 aromatic rings. The Bertz CT molecular complexity index is 1150. The Morgan fingerprint density at radius 2 is 1.43 bits per heavy atom. The molecule has 0 aliphatic heterocycles. The van der Waals surface area contributed by atoms with E-state index in [1.54, 1.807) is 20.8 Å². The van der Waals surface area contributed by atoms with E-state index in [2.05, 4.69) is 34.6 Å². The Morgan fingerprint density at radius 1 is 0.773 bits per heavy atom. The van der Waals surface area contributed by atoms with Crippen LogP contribution in [-0.4, -0.2) is 54.7 Å². The third-order valence-corrected chi connectivity index (χ3v) is 13.8. The average Bonchev–Trinajstić information content (AvgIpc) is 2.91. The van der Waals surface area contributed by atoms with E-state index in [4.69, 9.17) is 14.2 Å². The van der Waals surface area contributed by atoms with Crippen LogP contribution in [0.4, 0.5) is 0 Å². The summed E-state index contributed by atoms with van der Waals surface area (Å²) in [7, 11) is 0. The minimum Gasteiger partial charge on any atom is -0.465 e. The smallest absolute Gasteiger partial charge is 0.316 e. The van der Waals surface area contributed by atoms with Crippen LogP contribution in [0, 0.1) is 56.2 Å². The quantitative estimate of drug-likeness (QED) is 0.261. The molecule has 0 heterocycles. The van der Waals surface area contributed by atoms with Gasteiger partial charge in [-0.15, -0.1) is 0 Å². The van der Waals surface area contributed by atoms with Crippen LogP contribution in [0.15, 0.2) is 0 Å². The van der Waals surface area contributed by atoms with E-state index in [-0.39, 0.29) is 65.3 Å². The standard InChI is InChI=1S/C36H58O8/c1-22(38)43-21-36(30(41)42-20-28(40)31(3,4)5)18-17-34(9)24(25(36)19-37)11-12-27-33(8)15-14-29(44-23(2)39)32(6,7)26(33)13-16-35(27,34)10/h24-27,29,37H,11-21H2,1-10H3/t24?,25?,26?,27?,29?,33-,34+,35+,36-/m0/s1. The molecule has 1 N–H and O–H groups in total. The maximum absolute atomic E-state index is 14.0. The lowest BCUT2D eigenvalue weighted by Gasteiger charge is -2.72. The first-order chi connectivity index (χ1) is 20.2. The van der Waals surface area contributed by atoms with Gasteiger partial charge in [0.15, 0.2) is 12.4 Å². The summed E-state index contributed by atoms with van der Waals surface area (Å²) in [6.45, 7) is 19.3. The number of hydrogen-bond donors (Lipinski definition) is 1. The maximum Gasteiger partial charge on any atom is 0.316 e. The van der Waals surface area contributed by atoms with Crippen molar-refractivity contribution in [2.75, 3.05) is 19.8 Å². The predicted molar refractivity (Wildman–Crippen MR) is 166 cm³/mol. The largest absolute Gasteiger partial charge is 0.465 e. The zero-order valence-corrected chi connectivity index (χ0v) is 29.0.